The molecule has 0 spiro atoms. The average Bonchev–Trinajstić information content (AvgIpc) is 3.61. The van der Waals surface area contributed by atoms with Crippen molar-refractivity contribution in [2.45, 2.75) is 43.5 Å². The molecule has 0 aromatic carbocycles. The topological polar surface area (TPSA) is 266 Å². The molecule has 6 rings (SSSR count). The summed E-state index contributed by atoms with van der Waals surface area (Å²) in [4.78, 5) is 51.5. The Morgan fingerprint density at radius 2 is 1.79 bits per heavy atom. The van der Waals surface area contributed by atoms with E-state index in [1.165, 1.54) is 17.1 Å². The molecule has 3 aliphatic rings. The van der Waals surface area contributed by atoms with Gasteiger partial charge in [-0.2, -0.15) is 4.98 Å². The minimum Gasteiger partial charge on any atom is -0.474 e. The summed E-state index contributed by atoms with van der Waals surface area (Å²) in [5.41, 5.74) is 4.80. The predicted octanol–water partition coefficient (Wildman–Crippen LogP) is -0.127. The van der Waals surface area contributed by atoms with Crippen molar-refractivity contribution in [2.24, 2.45) is 11.8 Å². The van der Waals surface area contributed by atoms with Crippen molar-refractivity contribution in [3.05, 3.63) is 35.3 Å². The SMILES string of the molecule is Nc1nc2c(ncn2[C@@H]2O[C@@H]3COP(=O)(O)OC[C@H]4C[C@H](Oc5ccncn5)C[C@@H]4COP(=O)(O)O[C@@H]2[C@@H]3O)c(=O)[nH]1. The van der Waals surface area contributed by atoms with Crippen LogP contribution in [-0.2, 0) is 32.0 Å². The number of phosphoric ester groups is 2. The molecule has 19 nitrogen and oxygen atoms in total. The van der Waals surface area contributed by atoms with E-state index in [9.17, 15) is 28.8 Å². The number of aromatic nitrogens is 6. The number of ether oxygens (including phenoxy) is 2. The maximum absolute atomic E-state index is 13.1. The van der Waals surface area contributed by atoms with Gasteiger partial charge < -0.3 is 30.1 Å². The largest absolute Gasteiger partial charge is 0.474 e. The molecular formula is C21H27N7O12P2. The summed E-state index contributed by atoms with van der Waals surface area (Å²) in [5.74, 6) is -0.822. The Labute approximate surface area is 236 Å². The van der Waals surface area contributed by atoms with E-state index in [2.05, 4.69) is 24.9 Å². The Bertz CT molecular complexity index is 1590. The third-order valence-corrected chi connectivity index (χ3v) is 9.17. The van der Waals surface area contributed by atoms with Gasteiger partial charge in [0.2, 0.25) is 11.8 Å². The van der Waals surface area contributed by atoms with Crippen molar-refractivity contribution in [1.82, 2.24) is 29.5 Å². The zero-order valence-corrected chi connectivity index (χ0v) is 23.4. The second-order valence-electron chi connectivity index (χ2n) is 10.0. The van der Waals surface area contributed by atoms with Crippen molar-refractivity contribution < 1.29 is 51.6 Å². The number of aliphatic hydroxyl groups excluding tert-OH is 1. The van der Waals surface area contributed by atoms with Crippen LogP contribution in [0, 0.1) is 11.8 Å². The van der Waals surface area contributed by atoms with Gasteiger partial charge in [-0.25, -0.2) is 24.1 Å². The van der Waals surface area contributed by atoms with Crippen molar-refractivity contribution in [2.75, 3.05) is 25.6 Å². The molecule has 3 aromatic heterocycles. The number of H-pyrrole nitrogens is 1. The normalized spacial score (nSPS) is 37.7. The highest BCUT2D eigenvalue weighted by Crippen LogP contribution is 2.52. The fourth-order valence-electron chi connectivity index (χ4n) is 5.27. The number of phosphoric acid groups is 2. The molecule has 3 fully saturated rings. The van der Waals surface area contributed by atoms with Gasteiger partial charge in [0.1, 0.15) is 30.7 Å². The summed E-state index contributed by atoms with van der Waals surface area (Å²) in [6.45, 7) is -1.25. The molecule has 0 amide bonds. The lowest BCUT2D eigenvalue weighted by molar-refractivity contribution is -0.0513. The number of hydrogen-bond acceptors (Lipinski definition) is 15. The number of imidazole rings is 1. The minimum absolute atomic E-state index is 0.0742. The third-order valence-electron chi connectivity index (χ3n) is 7.24. The van der Waals surface area contributed by atoms with E-state index in [1.54, 1.807) is 6.07 Å². The summed E-state index contributed by atoms with van der Waals surface area (Å²) in [6, 6.07) is 1.57. The fourth-order valence-corrected chi connectivity index (χ4v) is 7.04. The first-order chi connectivity index (χ1) is 20.0. The van der Waals surface area contributed by atoms with Crippen LogP contribution in [0.2, 0.25) is 0 Å². The minimum atomic E-state index is -4.86. The van der Waals surface area contributed by atoms with Gasteiger partial charge in [-0.15, -0.1) is 0 Å². The number of nitrogens with two attached hydrogens (primary N) is 1. The zero-order valence-electron chi connectivity index (χ0n) is 21.6. The molecule has 2 unspecified atom stereocenters. The van der Waals surface area contributed by atoms with Gasteiger partial charge in [0.25, 0.3) is 5.56 Å². The highest BCUT2D eigenvalue weighted by Gasteiger charge is 2.51. The first-order valence-corrected chi connectivity index (χ1v) is 15.7. The summed E-state index contributed by atoms with van der Waals surface area (Å²) in [5, 5.41) is 11.0. The smallest absolute Gasteiger partial charge is 0.472 e. The van der Waals surface area contributed by atoms with Crippen molar-refractivity contribution >= 4 is 32.8 Å². The van der Waals surface area contributed by atoms with Crippen molar-refractivity contribution in [3.63, 3.8) is 0 Å². The van der Waals surface area contributed by atoms with Crippen LogP contribution in [-0.4, -0.2) is 88.6 Å². The molecule has 42 heavy (non-hydrogen) atoms. The molecule has 1 saturated carbocycles. The van der Waals surface area contributed by atoms with Gasteiger partial charge in [-0.3, -0.25) is 32.4 Å². The second-order valence-corrected chi connectivity index (χ2v) is 12.9. The lowest BCUT2D eigenvalue weighted by Crippen LogP contribution is -2.35. The Morgan fingerprint density at radius 1 is 1.07 bits per heavy atom. The van der Waals surface area contributed by atoms with Gasteiger partial charge >= 0.3 is 15.6 Å². The molecule has 2 saturated heterocycles. The summed E-state index contributed by atoms with van der Waals surface area (Å²) >= 11 is 0. The van der Waals surface area contributed by atoms with E-state index < -0.39 is 70.3 Å². The van der Waals surface area contributed by atoms with E-state index in [1.807, 2.05) is 0 Å². The van der Waals surface area contributed by atoms with Crippen molar-refractivity contribution in [1.29, 1.82) is 0 Å². The van der Waals surface area contributed by atoms with Gasteiger partial charge in [0.15, 0.2) is 17.4 Å². The van der Waals surface area contributed by atoms with Gasteiger partial charge in [-0.1, -0.05) is 0 Å². The first-order valence-electron chi connectivity index (χ1n) is 12.7. The number of aliphatic hydroxyl groups is 1. The molecule has 6 N–H and O–H groups in total. The first kappa shape index (κ1) is 29.3. The molecule has 21 heteroatoms. The van der Waals surface area contributed by atoms with Crippen molar-refractivity contribution in [3.8, 4) is 5.88 Å². The van der Waals surface area contributed by atoms with Crippen LogP contribution in [0.1, 0.15) is 19.1 Å². The van der Waals surface area contributed by atoms with Crippen LogP contribution in [0.3, 0.4) is 0 Å². The van der Waals surface area contributed by atoms with Gasteiger partial charge in [0, 0.05) is 12.3 Å². The highest BCUT2D eigenvalue weighted by atomic mass is 31.2. The lowest BCUT2D eigenvalue weighted by Gasteiger charge is -2.26. The number of hydrogen-bond donors (Lipinski definition) is 5. The maximum atomic E-state index is 13.1. The van der Waals surface area contributed by atoms with Crippen LogP contribution < -0.4 is 16.0 Å². The molecule has 9 atom stereocenters. The molecule has 3 aromatic rings. The van der Waals surface area contributed by atoms with Crippen LogP contribution >= 0.6 is 15.6 Å². The van der Waals surface area contributed by atoms with E-state index in [4.69, 9.17) is 33.3 Å². The molecule has 5 heterocycles. The molecule has 0 radical (unpaired) electrons. The molecule has 2 aliphatic heterocycles. The second kappa shape index (κ2) is 11.3. The summed E-state index contributed by atoms with van der Waals surface area (Å²) < 4.78 is 59.8. The third kappa shape index (κ3) is 6.12. The summed E-state index contributed by atoms with van der Waals surface area (Å²) in [6.07, 6.45) is -1.81. The van der Waals surface area contributed by atoms with E-state index in [0.29, 0.717) is 18.7 Å². The number of aromatic amines is 1. The standard InChI is InChI=1S/C21H27N7O12P2/c22-21-26-18-15(19(30)27-21)25-9-28(18)20-17-16(29)13(39-20)7-37-41(31,32)35-5-10-3-12(38-14-1-2-23-8-24-14)4-11(10)6-36-42(33,34)40-17/h1-2,8-13,16-17,20,29H,3-7H2,(H,31,32)(H,33,34)(H3,22,26,27,30)/t10-,11-,12+,13-,16-,17-,20-/m1/s1. The monoisotopic (exact) mass is 631 g/mol. The number of nitrogen functional groups attached to an aromatic ring is 1. The molecular weight excluding hydrogens is 604 g/mol. The number of rotatable bonds is 3. The Balaban J connectivity index is 1.27. The van der Waals surface area contributed by atoms with Gasteiger partial charge in [0.05, 0.1) is 26.1 Å². The lowest BCUT2D eigenvalue weighted by atomic mass is 9.98. The van der Waals surface area contributed by atoms with E-state index in [0.717, 1.165) is 6.33 Å². The van der Waals surface area contributed by atoms with E-state index >= 15 is 0 Å². The summed E-state index contributed by atoms with van der Waals surface area (Å²) in [7, 11) is -9.51. The average molecular weight is 631 g/mol. The molecule has 1 aliphatic carbocycles. The van der Waals surface area contributed by atoms with Crippen LogP contribution in [0.25, 0.3) is 11.2 Å². The van der Waals surface area contributed by atoms with Crippen LogP contribution in [0.5, 0.6) is 5.88 Å². The fraction of sp³-hybridized carbons (Fsp3) is 0.571. The number of anilines is 1. The molecule has 2 bridgehead atoms. The number of nitrogens with zero attached hydrogens (tertiary/aromatic N) is 5. The zero-order chi connectivity index (χ0) is 29.6. The Kier molecular flexibility index (Phi) is 7.90. The number of fused-ring (bicyclic) bond motifs is 4. The van der Waals surface area contributed by atoms with Crippen LogP contribution in [0.4, 0.5) is 5.95 Å². The molecule has 228 valence electrons. The quantitative estimate of drug-likeness (QED) is 0.236. The highest BCUT2D eigenvalue weighted by molar-refractivity contribution is 7.47. The Morgan fingerprint density at radius 3 is 2.50 bits per heavy atom. The van der Waals surface area contributed by atoms with E-state index in [-0.39, 0.29) is 30.3 Å². The Hall–Kier alpha value is -2.83. The van der Waals surface area contributed by atoms with Gasteiger partial charge in [-0.05, 0) is 24.7 Å². The predicted molar refractivity (Wildman–Crippen MR) is 138 cm³/mol. The maximum Gasteiger partial charge on any atom is 0.472 e. The van der Waals surface area contributed by atoms with Crippen LogP contribution in [0.15, 0.2) is 29.7 Å². The number of nitrogens with one attached hydrogen (secondary N) is 1.